The molecule has 16 heavy (non-hydrogen) atoms. The zero-order chi connectivity index (χ0) is 11.8. The summed E-state index contributed by atoms with van der Waals surface area (Å²) < 4.78 is 22.2. The summed E-state index contributed by atoms with van der Waals surface area (Å²) in [6.07, 6.45) is 2.32. The van der Waals surface area contributed by atoms with Gasteiger partial charge in [-0.25, -0.2) is 13.6 Å². The third kappa shape index (κ3) is 2.26. The lowest BCUT2D eigenvalue weighted by Gasteiger charge is -2.19. The van der Waals surface area contributed by atoms with Crippen LogP contribution >= 0.6 is 0 Å². The van der Waals surface area contributed by atoms with Crippen molar-refractivity contribution in [3.63, 3.8) is 0 Å². The number of benzene rings is 1. The first kappa shape index (κ1) is 11.6. The van der Waals surface area contributed by atoms with Gasteiger partial charge in [-0.15, -0.1) is 0 Å². The number of nitrogens with two attached hydrogens (primary N) is 1. The lowest BCUT2D eigenvalue weighted by molar-refractivity contribution is 0.317. The first-order valence-electron chi connectivity index (χ1n) is 5.31. The van der Waals surface area contributed by atoms with Gasteiger partial charge in [0, 0.05) is 6.04 Å². The summed E-state index contributed by atoms with van der Waals surface area (Å²) in [4.78, 5) is 2.46. The molecule has 1 aliphatic rings. The van der Waals surface area contributed by atoms with Crippen molar-refractivity contribution >= 4 is 10.0 Å². The van der Waals surface area contributed by atoms with Crippen LogP contribution in [-0.4, -0.2) is 26.9 Å². The Bertz CT molecular complexity index is 467. The second-order valence-electron chi connectivity index (χ2n) is 4.25. The molecule has 1 fully saturated rings. The molecule has 0 radical (unpaired) electrons. The fourth-order valence-corrected chi connectivity index (χ4v) is 2.73. The number of hydrogen-bond acceptors (Lipinski definition) is 3. The summed E-state index contributed by atoms with van der Waals surface area (Å²) >= 11 is 0. The summed E-state index contributed by atoms with van der Waals surface area (Å²) in [7, 11) is -1.48. The van der Waals surface area contributed by atoms with Crippen molar-refractivity contribution in [2.45, 2.75) is 23.8 Å². The Kier molecular flexibility index (Phi) is 3.01. The first-order chi connectivity index (χ1) is 7.48. The molecule has 0 bridgehead atoms. The number of likely N-dealkylation sites (tertiary alicyclic amines) is 1. The van der Waals surface area contributed by atoms with Crippen LogP contribution in [0.4, 0.5) is 0 Å². The van der Waals surface area contributed by atoms with E-state index in [1.165, 1.54) is 6.42 Å². The normalized spacial score (nSPS) is 22.5. The maximum absolute atomic E-state index is 11.1. The van der Waals surface area contributed by atoms with Gasteiger partial charge in [-0.05, 0) is 44.1 Å². The molecular formula is C11H16N2O2S. The minimum absolute atomic E-state index is 0.178. The molecule has 2 N–H and O–H groups in total. The van der Waals surface area contributed by atoms with Crippen molar-refractivity contribution in [3.8, 4) is 0 Å². The Hall–Kier alpha value is -0.910. The molecule has 0 amide bonds. The highest BCUT2D eigenvalue weighted by atomic mass is 32.2. The van der Waals surface area contributed by atoms with Crippen molar-refractivity contribution in [1.82, 2.24) is 4.90 Å². The lowest BCUT2D eigenvalue weighted by Crippen LogP contribution is -2.17. The third-order valence-corrected chi connectivity index (χ3v) is 4.04. The van der Waals surface area contributed by atoms with Crippen LogP contribution in [0.3, 0.4) is 0 Å². The number of sulfonamides is 1. The van der Waals surface area contributed by atoms with Crippen molar-refractivity contribution in [3.05, 3.63) is 29.8 Å². The Morgan fingerprint density at radius 3 is 2.38 bits per heavy atom. The molecule has 1 atom stereocenters. The van der Waals surface area contributed by atoms with Gasteiger partial charge < -0.3 is 0 Å². The molecule has 1 aliphatic heterocycles. The van der Waals surface area contributed by atoms with E-state index in [9.17, 15) is 8.42 Å². The molecule has 0 aromatic heterocycles. The van der Waals surface area contributed by atoms with E-state index < -0.39 is 10.0 Å². The van der Waals surface area contributed by atoms with Gasteiger partial charge >= 0.3 is 0 Å². The van der Waals surface area contributed by atoms with E-state index in [1.54, 1.807) is 12.1 Å². The summed E-state index contributed by atoms with van der Waals surface area (Å²) in [5, 5.41) is 5.05. The fourth-order valence-electron chi connectivity index (χ4n) is 2.21. The van der Waals surface area contributed by atoms with Crippen molar-refractivity contribution in [2.75, 3.05) is 13.6 Å². The van der Waals surface area contributed by atoms with Crippen molar-refractivity contribution in [1.29, 1.82) is 0 Å². The molecule has 1 unspecified atom stereocenters. The van der Waals surface area contributed by atoms with Crippen LogP contribution in [0.5, 0.6) is 0 Å². The summed E-state index contributed by atoms with van der Waals surface area (Å²) in [6.45, 7) is 1.10. The van der Waals surface area contributed by atoms with Crippen LogP contribution in [0.2, 0.25) is 0 Å². The Labute approximate surface area is 96.1 Å². The molecule has 2 rings (SSSR count). The Morgan fingerprint density at radius 2 is 1.94 bits per heavy atom. The Balaban J connectivity index is 2.26. The molecule has 0 aliphatic carbocycles. The molecule has 1 aromatic carbocycles. The highest BCUT2D eigenvalue weighted by Gasteiger charge is 2.22. The minimum Gasteiger partial charge on any atom is -0.299 e. The molecule has 0 saturated carbocycles. The van der Waals surface area contributed by atoms with E-state index in [4.69, 9.17) is 5.14 Å². The van der Waals surface area contributed by atoms with Crippen molar-refractivity contribution in [2.24, 2.45) is 5.14 Å². The van der Waals surface area contributed by atoms with Crippen LogP contribution < -0.4 is 5.14 Å². The molecule has 1 heterocycles. The molecule has 1 aromatic rings. The SMILES string of the molecule is CN1CCCC1c1ccc(S(N)(=O)=O)cc1. The van der Waals surface area contributed by atoms with Gasteiger partial charge in [0.25, 0.3) is 0 Å². The van der Waals surface area contributed by atoms with E-state index >= 15 is 0 Å². The smallest absolute Gasteiger partial charge is 0.238 e. The predicted octanol–water partition coefficient (Wildman–Crippen LogP) is 1.10. The van der Waals surface area contributed by atoms with Gasteiger partial charge in [0.05, 0.1) is 4.90 Å². The molecule has 4 nitrogen and oxygen atoms in total. The maximum Gasteiger partial charge on any atom is 0.238 e. The quantitative estimate of drug-likeness (QED) is 0.842. The average molecular weight is 240 g/mol. The van der Waals surface area contributed by atoms with Crippen molar-refractivity contribution < 1.29 is 8.42 Å². The largest absolute Gasteiger partial charge is 0.299 e. The maximum atomic E-state index is 11.1. The van der Waals surface area contributed by atoms with Crippen LogP contribution in [0.25, 0.3) is 0 Å². The summed E-state index contributed by atoms with van der Waals surface area (Å²) in [5.74, 6) is 0. The molecule has 5 heteroatoms. The first-order valence-corrected chi connectivity index (χ1v) is 6.86. The van der Waals surface area contributed by atoms with Gasteiger partial charge in [0.2, 0.25) is 10.0 Å². The molecule has 0 spiro atoms. The van der Waals surface area contributed by atoms with Crippen LogP contribution in [0.15, 0.2) is 29.2 Å². The van der Waals surface area contributed by atoms with Gasteiger partial charge in [0.15, 0.2) is 0 Å². The molecule has 1 saturated heterocycles. The second-order valence-corrected chi connectivity index (χ2v) is 5.81. The fraction of sp³-hybridized carbons (Fsp3) is 0.455. The van der Waals surface area contributed by atoms with E-state index in [0.717, 1.165) is 18.5 Å². The zero-order valence-electron chi connectivity index (χ0n) is 9.26. The number of primary sulfonamides is 1. The standard InChI is InChI=1S/C11H16N2O2S/c1-13-8-2-3-11(13)9-4-6-10(7-5-9)16(12,14)15/h4-7,11H,2-3,8H2,1H3,(H2,12,14,15). The predicted molar refractivity (Wildman–Crippen MR) is 62.4 cm³/mol. The lowest BCUT2D eigenvalue weighted by atomic mass is 10.1. The molecular weight excluding hydrogens is 224 g/mol. The van der Waals surface area contributed by atoms with Gasteiger partial charge in [-0.1, -0.05) is 12.1 Å². The minimum atomic E-state index is -3.57. The topological polar surface area (TPSA) is 63.4 Å². The van der Waals surface area contributed by atoms with E-state index in [2.05, 4.69) is 11.9 Å². The van der Waals surface area contributed by atoms with E-state index in [-0.39, 0.29) is 4.90 Å². The van der Waals surface area contributed by atoms with Gasteiger partial charge in [0.1, 0.15) is 0 Å². The van der Waals surface area contributed by atoms with E-state index in [0.29, 0.717) is 6.04 Å². The second kappa shape index (κ2) is 4.16. The highest BCUT2D eigenvalue weighted by Crippen LogP contribution is 2.30. The van der Waals surface area contributed by atoms with Crippen LogP contribution in [0.1, 0.15) is 24.4 Å². The molecule has 88 valence electrons. The number of nitrogens with zero attached hydrogens (tertiary/aromatic N) is 1. The average Bonchev–Trinajstić information content (AvgIpc) is 2.63. The van der Waals surface area contributed by atoms with Gasteiger partial charge in [-0.2, -0.15) is 0 Å². The summed E-state index contributed by atoms with van der Waals surface area (Å²) in [6, 6.07) is 7.28. The van der Waals surface area contributed by atoms with Gasteiger partial charge in [-0.3, -0.25) is 4.90 Å². The highest BCUT2D eigenvalue weighted by molar-refractivity contribution is 7.89. The van der Waals surface area contributed by atoms with Crippen LogP contribution in [0, 0.1) is 0 Å². The number of rotatable bonds is 2. The third-order valence-electron chi connectivity index (χ3n) is 3.11. The zero-order valence-corrected chi connectivity index (χ0v) is 10.1. The van der Waals surface area contributed by atoms with Crippen LogP contribution in [-0.2, 0) is 10.0 Å². The summed E-state index contributed by atoms with van der Waals surface area (Å²) in [5.41, 5.74) is 1.16. The monoisotopic (exact) mass is 240 g/mol. The Morgan fingerprint density at radius 1 is 1.31 bits per heavy atom. The number of hydrogen-bond donors (Lipinski definition) is 1. The van der Waals surface area contributed by atoms with E-state index in [1.807, 2.05) is 12.1 Å².